The molecule has 0 amide bonds. The summed E-state index contributed by atoms with van der Waals surface area (Å²) >= 11 is 6.02. The molecule has 0 aliphatic carbocycles. The Balaban J connectivity index is 2.49. The molecule has 0 saturated heterocycles. The van der Waals surface area contributed by atoms with Gasteiger partial charge < -0.3 is 14.6 Å². The smallest absolute Gasteiger partial charge is 0.307 e. The highest BCUT2D eigenvalue weighted by Crippen LogP contribution is 2.41. The molecule has 1 aliphatic rings. The van der Waals surface area contributed by atoms with Gasteiger partial charge in [0.1, 0.15) is 0 Å². The van der Waals surface area contributed by atoms with E-state index in [9.17, 15) is 4.79 Å². The van der Waals surface area contributed by atoms with Crippen LogP contribution in [-0.2, 0) is 11.2 Å². The number of hydrogen-bond acceptors (Lipinski definition) is 3. The molecule has 1 aromatic rings. The monoisotopic (exact) mass is 228 g/mol. The number of hydrogen-bond donors (Lipinski definition) is 1. The standard InChI is InChI=1S/C10H9ClO4/c1-5-9(11)6(3-8(12)13)2-7-10(5)15-4-14-7/h2H,3-4H2,1H3,(H,12,13). The Bertz CT molecular complexity index is 428. The van der Waals surface area contributed by atoms with Gasteiger partial charge in [0.2, 0.25) is 6.79 Å². The van der Waals surface area contributed by atoms with E-state index in [1.807, 2.05) is 0 Å². The molecule has 0 saturated carbocycles. The lowest BCUT2D eigenvalue weighted by atomic mass is 10.1. The zero-order valence-electron chi connectivity index (χ0n) is 8.04. The fourth-order valence-corrected chi connectivity index (χ4v) is 1.75. The lowest BCUT2D eigenvalue weighted by Gasteiger charge is -2.07. The molecule has 0 fully saturated rings. The van der Waals surface area contributed by atoms with Crippen LogP contribution >= 0.6 is 11.6 Å². The topological polar surface area (TPSA) is 55.8 Å². The lowest BCUT2D eigenvalue weighted by molar-refractivity contribution is -0.136. The predicted molar refractivity (Wildman–Crippen MR) is 53.7 cm³/mol. The van der Waals surface area contributed by atoms with Crippen molar-refractivity contribution in [3.8, 4) is 11.5 Å². The molecule has 1 aliphatic heterocycles. The van der Waals surface area contributed by atoms with Gasteiger partial charge in [-0.1, -0.05) is 11.6 Å². The number of benzene rings is 1. The molecular weight excluding hydrogens is 220 g/mol. The Morgan fingerprint density at radius 2 is 2.33 bits per heavy atom. The second-order valence-electron chi connectivity index (χ2n) is 3.28. The van der Waals surface area contributed by atoms with Gasteiger partial charge in [-0.25, -0.2) is 0 Å². The fourth-order valence-electron chi connectivity index (χ4n) is 1.54. The molecule has 80 valence electrons. The number of aliphatic carboxylic acids is 1. The summed E-state index contributed by atoms with van der Waals surface area (Å²) in [5.74, 6) is 0.248. The number of carboxylic acids is 1. The molecule has 15 heavy (non-hydrogen) atoms. The minimum absolute atomic E-state index is 0.115. The maximum absolute atomic E-state index is 10.6. The van der Waals surface area contributed by atoms with Crippen molar-refractivity contribution in [1.29, 1.82) is 0 Å². The van der Waals surface area contributed by atoms with Crippen LogP contribution in [-0.4, -0.2) is 17.9 Å². The average molecular weight is 229 g/mol. The second-order valence-corrected chi connectivity index (χ2v) is 3.66. The third kappa shape index (κ3) is 1.72. The Labute approximate surface area is 91.4 Å². The highest BCUT2D eigenvalue weighted by molar-refractivity contribution is 6.32. The molecule has 0 aromatic heterocycles. The van der Waals surface area contributed by atoms with E-state index in [1.54, 1.807) is 13.0 Å². The van der Waals surface area contributed by atoms with Crippen molar-refractivity contribution in [3.05, 3.63) is 22.2 Å². The van der Waals surface area contributed by atoms with Crippen LogP contribution in [0.1, 0.15) is 11.1 Å². The van der Waals surface area contributed by atoms with Gasteiger partial charge in [-0.3, -0.25) is 4.79 Å². The van der Waals surface area contributed by atoms with Crippen LogP contribution in [0.5, 0.6) is 11.5 Å². The predicted octanol–water partition coefficient (Wildman–Crippen LogP) is 2.00. The van der Waals surface area contributed by atoms with E-state index in [1.165, 1.54) is 0 Å². The summed E-state index contributed by atoms with van der Waals surface area (Å²) < 4.78 is 10.4. The Kier molecular flexibility index (Phi) is 2.44. The fraction of sp³-hybridized carbons (Fsp3) is 0.300. The van der Waals surface area contributed by atoms with E-state index in [4.69, 9.17) is 26.2 Å². The van der Waals surface area contributed by atoms with Gasteiger partial charge in [0.15, 0.2) is 11.5 Å². The van der Waals surface area contributed by atoms with Crippen LogP contribution in [0, 0.1) is 6.92 Å². The first kappa shape index (κ1) is 10.1. The van der Waals surface area contributed by atoms with Gasteiger partial charge >= 0.3 is 5.97 Å². The van der Waals surface area contributed by atoms with Crippen molar-refractivity contribution in [2.75, 3.05) is 6.79 Å². The van der Waals surface area contributed by atoms with Crippen LogP contribution in [0.25, 0.3) is 0 Å². The summed E-state index contributed by atoms with van der Waals surface area (Å²) in [4.78, 5) is 10.6. The van der Waals surface area contributed by atoms with Crippen molar-refractivity contribution in [3.63, 3.8) is 0 Å². The van der Waals surface area contributed by atoms with Gasteiger partial charge in [0.25, 0.3) is 0 Å². The summed E-state index contributed by atoms with van der Waals surface area (Å²) in [5.41, 5.74) is 1.27. The largest absolute Gasteiger partial charge is 0.481 e. The van der Waals surface area contributed by atoms with Crippen molar-refractivity contribution in [1.82, 2.24) is 0 Å². The van der Waals surface area contributed by atoms with Gasteiger partial charge in [-0.2, -0.15) is 0 Å². The number of ether oxygens (including phenoxy) is 2. The van der Waals surface area contributed by atoms with Gasteiger partial charge in [0, 0.05) is 5.56 Å². The van der Waals surface area contributed by atoms with Crippen molar-refractivity contribution in [2.24, 2.45) is 0 Å². The Hall–Kier alpha value is -1.42. The zero-order valence-corrected chi connectivity index (χ0v) is 8.80. The molecule has 2 rings (SSSR count). The molecule has 1 N–H and O–H groups in total. The van der Waals surface area contributed by atoms with E-state index in [2.05, 4.69) is 0 Å². The number of rotatable bonds is 2. The quantitative estimate of drug-likeness (QED) is 0.841. The normalized spacial score (nSPS) is 12.9. The summed E-state index contributed by atoms with van der Waals surface area (Å²) in [6.45, 7) is 1.93. The summed E-state index contributed by atoms with van der Waals surface area (Å²) in [7, 11) is 0. The van der Waals surface area contributed by atoms with Gasteiger partial charge in [-0.15, -0.1) is 0 Å². The maximum atomic E-state index is 10.6. The number of carbonyl (C=O) groups is 1. The molecule has 1 aromatic carbocycles. The van der Waals surface area contributed by atoms with Crippen LogP contribution in [0.15, 0.2) is 6.07 Å². The summed E-state index contributed by atoms with van der Waals surface area (Å²) in [5, 5.41) is 9.13. The molecule has 0 bridgehead atoms. The van der Waals surface area contributed by atoms with Crippen molar-refractivity contribution in [2.45, 2.75) is 13.3 Å². The van der Waals surface area contributed by atoms with Crippen molar-refractivity contribution < 1.29 is 19.4 Å². The SMILES string of the molecule is Cc1c(Cl)c(CC(=O)O)cc2c1OCO2. The lowest BCUT2D eigenvalue weighted by Crippen LogP contribution is -2.01. The Morgan fingerprint density at radius 1 is 1.60 bits per heavy atom. The molecule has 0 atom stereocenters. The summed E-state index contributed by atoms with van der Waals surface area (Å²) in [6.07, 6.45) is -0.115. The van der Waals surface area contributed by atoms with Crippen LogP contribution in [0.3, 0.4) is 0 Å². The summed E-state index contributed by atoms with van der Waals surface area (Å²) in [6, 6.07) is 1.62. The number of halogens is 1. The average Bonchev–Trinajstić information content (AvgIpc) is 2.61. The molecule has 4 nitrogen and oxygen atoms in total. The first-order chi connectivity index (χ1) is 7.09. The number of carboxylic acid groups (broad SMARTS) is 1. The van der Waals surface area contributed by atoms with Gasteiger partial charge in [0.05, 0.1) is 11.4 Å². The van der Waals surface area contributed by atoms with Crippen LogP contribution in [0.2, 0.25) is 5.02 Å². The van der Waals surface area contributed by atoms with E-state index < -0.39 is 5.97 Å². The minimum atomic E-state index is -0.921. The second kappa shape index (κ2) is 3.62. The maximum Gasteiger partial charge on any atom is 0.307 e. The number of fused-ring (bicyclic) bond motifs is 1. The molecule has 0 unspecified atom stereocenters. The van der Waals surface area contributed by atoms with Crippen LogP contribution in [0.4, 0.5) is 0 Å². The highest BCUT2D eigenvalue weighted by Gasteiger charge is 2.21. The third-order valence-corrected chi connectivity index (χ3v) is 2.77. The van der Waals surface area contributed by atoms with Gasteiger partial charge in [-0.05, 0) is 18.6 Å². The molecule has 0 spiro atoms. The first-order valence-corrected chi connectivity index (χ1v) is 4.76. The van der Waals surface area contributed by atoms with Crippen LogP contribution < -0.4 is 9.47 Å². The van der Waals surface area contributed by atoms with E-state index in [0.717, 1.165) is 5.56 Å². The zero-order chi connectivity index (χ0) is 11.0. The highest BCUT2D eigenvalue weighted by atomic mass is 35.5. The van der Waals surface area contributed by atoms with E-state index in [-0.39, 0.29) is 13.2 Å². The minimum Gasteiger partial charge on any atom is -0.481 e. The van der Waals surface area contributed by atoms with E-state index >= 15 is 0 Å². The molecule has 1 heterocycles. The molecule has 0 radical (unpaired) electrons. The first-order valence-electron chi connectivity index (χ1n) is 4.39. The van der Waals surface area contributed by atoms with E-state index in [0.29, 0.717) is 22.1 Å². The molecular formula is C10H9ClO4. The Morgan fingerprint density at radius 3 is 3.00 bits per heavy atom. The molecule has 5 heteroatoms. The van der Waals surface area contributed by atoms with Crippen molar-refractivity contribution >= 4 is 17.6 Å². The third-order valence-electron chi connectivity index (χ3n) is 2.24.